The monoisotopic (exact) mass is 586 g/mol. The molecule has 0 spiro atoms. The summed E-state index contributed by atoms with van der Waals surface area (Å²) in [4.78, 5) is 37.2. The zero-order chi connectivity index (χ0) is 31.5. The van der Waals surface area contributed by atoms with E-state index in [9.17, 15) is 14.4 Å². The third-order valence-corrected chi connectivity index (χ3v) is 6.99. The molecule has 0 saturated carbocycles. The number of azo groups is 1. The lowest BCUT2D eigenvalue weighted by atomic mass is 9.83. The Hall–Kier alpha value is -4.53. The molecule has 0 bridgehead atoms. The summed E-state index contributed by atoms with van der Waals surface area (Å²) in [5.74, 6) is 0.0632. The molecule has 228 valence electrons. The first-order valence-corrected chi connectivity index (χ1v) is 14.6. The highest BCUT2D eigenvalue weighted by molar-refractivity contribution is 6.04. The zero-order valence-corrected chi connectivity index (χ0v) is 25.9. The molecule has 2 amide bonds. The van der Waals surface area contributed by atoms with E-state index in [0.717, 1.165) is 19.3 Å². The van der Waals surface area contributed by atoms with E-state index in [1.165, 1.54) is 0 Å². The van der Waals surface area contributed by atoms with Crippen molar-refractivity contribution in [3.63, 3.8) is 0 Å². The van der Waals surface area contributed by atoms with E-state index in [2.05, 4.69) is 27.8 Å². The van der Waals surface area contributed by atoms with Gasteiger partial charge in [0.2, 0.25) is 5.91 Å². The molecule has 1 unspecified atom stereocenters. The van der Waals surface area contributed by atoms with Crippen molar-refractivity contribution in [2.75, 3.05) is 23.8 Å². The van der Waals surface area contributed by atoms with E-state index in [0.29, 0.717) is 34.1 Å². The third-order valence-electron chi connectivity index (χ3n) is 6.99. The molecule has 3 aromatic rings. The summed E-state index contributed by atoms with van der Waals surface area (Å²) in [5, 5.41) is 14.2. The highest BCUT2D eigenvalue weighted by Crippen LogP contribution is 2.29. The maximum absolute atomic E-state index is 12.7. The second-order valence-corrected chi connectivity index (χ2v) is 11.6. The predicted molar refractivity (Wildman–Crippen MR) is 169 cm³/mol. The van der Waals surface area contributed by atoms with Crippen LogP contribution in [0.25, 0.3) is 0 Å². The topological polar surface area (TPSA) is 118 Å². The molecule has 2 N–H and O–H groups in total. The van der Waals surface area contributed by atoms with Gasteiger partial charge in [0.15, 0.2) is 0 Å². The molecular weight excluding hydrogens is 544 g/mol. The molecule has 3 rings (SSSR count). The standard InChI is InChI=1S/C34H42N4O5/c1-7-21-34(6,8-2)32(41)43-23-22-42-29-19-9-24(10-20-29)30(39)35-25-11-15-27(16-12-25)37-38-28-17-13-26(14-18-28)36-31(40)33(3,4)5/h9-20H,7-8,21-23H2,1-6H3,(H,35,39)(H,36,40). The molecule has 9 nitrogen and oxygen atoms in total. The lowest BCUT2D eigenvalue weighted by molar-refractivity contribution is -0.156. The van der Waals surface area contributed by atoms with Gasteiger partial charge in [0.05, 0.1) is 16.8 Å². The number of rotatable bonds is 13. The van der Waals surface area contributed by atoms with Gasteiger partial charge < -0.3 is 20.1 Å². The van der Waals surface area contributed by atoms with Gasteiger partial charge >= 0.3 is 5.97 Å². The minimum Gasteiger partial charge on any atom is -0.490 e. The Bertz CT molecular complexity index is 1390. The lowest BCUT2D eigenvalue weighted by Gasteiger charge is -2.25. The zero-order valence-electron chi connectivity index (χ0n) is 25.9. The van der Waals surface area contributed by atoms with Crippen LogP contribution in [0.4, 0.5) is 22.7 Å². The lowest BCUT2D eigenvalue weighted by Crippen LogP contribution is -2.30. The molecule has 0 aliphatic heterocycles. The van der Waals surface area contributed by atoms with Crippen LogP contribution in [0.5, 0.6) is 5.75 Å². The van der Waals surface area contributed by atoms with Gasteiger partial charge in [-0.3, -0.25) is 14.4 Å². The Balaban J connectivity index is 1.45. The van der Waals surface area contributed by atoms with Crippen molar-refractivity contribution in [2.45, 2.75) is 60.8 Å². The smallest absolute Gasteiger partial charge is 0.311 e. The quantitative estimate of drug-likeness (QED) is 0.118. The molecule has 0 aliphatic rings. The summed E-state index contributed by atoms with van der Waals surface area (Å²) >= 11 is 0. The van der Waals surface area contributed by atoms with E-state index < -0.39 is 10.8 Å². The predicted octanol–water partition coefficient (Wildman–Crippen LogP) is 8.48. The number of ether oxygens (including phenoxy) is 2. The highest BCUT2D eigenvalue weighted by Gasteiger charge is 2.31. The maximum Gasteiger partial charge on any atom is 0.311 e. The van der Waals surface area contributed by atoms with Crippen LogP contribution in [0.15, 0.2) is 83.0 Å². The molecule has 0 radical (unpaired) electrons. The molecule has 0 aromatic heterocycles. The molecule has 0 fully saturated rings. The van der Waals surface area contributed by atoms with Gasteiger partial charge in [-0.05, 0) is 92.6 Å². The van der Waals surface area contributed by atoms with Crippen molar-refractivity contribution in [1.29, 1.82) is 0 Å². The van der Waals surface area contributed by atoms with Crippen molar-refractivity contribution in [2.24, 2.45) is 21.1 Å². The highest BCUT2D eigenvalue weighted by atomic mass is 16.6. The number of carbonyl (C=O) groups excluding carboxylic acids is 3. The van der Waals surface area contributed by atoms with E-state index >= 15 is 0 Å². The number of carbonyl (C=O) groups is 3. The van der Waals surface area contributed by atoms with Crippen LogP contribution < -0.4 is 15.4 Å². The first-order valence-electron chi connectivity index (χ1n) is 14.6. The fraction of sp³-hybridized carbons (Fsp3) is 0.382. The second-order valence-electron chi connectivity index (χ2n) is 11.6. The molecule has 0 saturated heterocycles. The number of amides is 2. The molecule has 0 heterocycles. The second kappa shape index (κ2) is 15.1. The van der Waals surface area contributed by atoms with Crippen molar-refractivity contribution >= 4 is 40.5 Å². The summed E-state index contributed by atoms with van der Waals surface area (Å²) < 4.78 is 11.1. The van der Waals surface area contributed by atoms with E-state index in [1.807, 2.05) is 34.6 Å². The van der Waals surface area contributed by atoms with E-state index in [1.54, 1.807) is 72.8 Å². The minimum atomic E-state index is -0.477. The summed E-state index contributed by atoms with van der Waals surface area (Å²) in [6, 6.07) is 20.9. The van der Waals surface area contributed by atoms with E-state index in [4.69, 9.17) is 9.47 Å². The van der Waals surface area contributed by atoms with Gasteiger partial charge in [0.25, 0.3) is 5.91 Å². The van der Waals surface area contributed by atoms with Gasteiger partial charge in [-0.2, -0.15) is 10.2 Å². The molecule has 3 aromatic carbocycles. The number of nitrogens with zero attached hydrogens (tertiary/aromatic N) is 2. The maximum atomic E-state index is 12.7. The number of nitrogens with one attached hydrogen (secondary N) is 2. The Labute approximate surface area is 254 Å². The Morgan fingerprint density at radius 3 is 1.74 bits per heavy atom. The summed E-state index contributed by atoms with van der Waals surface area (Å²) in [5.41, 5.74) is 2.12. The summed E-state index contributed by atoms with van der Waals surface area (Å²) in [6.45, 7) is 12.0. The normalized spacial score (nSPS) is 12.8. The van der Waals surface area contributed by atoms with Crippen molar-refractivity contribution in [3.8, 4) is 5.75 Å². The molecule has 43 heavy (non-hydrogen) atoms. The Kier molecular flexibility index (Phi) is 11.6. The SMILES string of the molecule is CCCC(C)(CC)C(=O)OCCOc1ccc(C(=O)Nc2ccc(N=Nc3ccc(NC(=O)C(C)(C)C)cc3)cc2)cc1. The number of benzene rings is 3. The molecule has 0 aliphatic carbocycles. The number of esters is 1. The van der Waals surface area contributed by atoms with Crippen LogP contribution in [-0.2, 0) is 14.3 Å². The number of anilines is 2. The molecule has 1 atom stereocenters. The van der Waals surface area contributed by atoms with Crippen LogP contribution >= 0.6 is 0 Å². The fourth-order valence-corrected chi connectivity index (χ4v) is 4.01. The fourth-order valence-electron chi connectivity index (χ4n) is 4.01. The largest absolute Gasteiger partial charge is 0.490 e. The Morgan fingerprint density at radius 1 is 0.721 bits per heavy atom. The average molecular weight is 587 g/mol. The number of hydrogen-bond acceptors (Lipinski definition) is 7. The van der Waals surface area contributed by atoms with Crippen LogP contribution in [0.2, 0.25) is 0 Å². The molecule has 9 heteroatoms. The molecular formula is C34H42N4O5. The van der Waals surface area contributed by atoms with Crippen LogP contribution in [-0.4, -0.2) is 31.0 Å². The summed E-state index contributed by atoms with van der Waals surface area (Å²) in [7, 11) is 0. The first kappa shape index (κ1) is 33.0. The van der Waals surface area contributed by atoms with Crippen molar-refractivity contribution < 1.29 is 23.9 Å². The minimum absolute atomic E-state index is 0.0614. The van der Waals surface area contributed by atoms with Gasteiger partial charge in [0.1, 0.15) is 19.0 Å². The number of hydrogen-bond donors (Lipinski definition) is 2. The van der Waals surface area contributed by atoms with Crippen LogP contribution in [0, 0.1) is 10.8 Å². The third kappa shape index (κ3) is 10.1. The van der Waals surface area contributed by atoms with Gasteiger partial charge in [-0.15, -0.1) is 0 Å². The van der Waals surface area contributed by atoms with Gasteiger partial charge in [-0.25, -0.2) is 0 Å². The van der Waals surface area contributed by atoms with Crippen molar-refractivity contribution in [3.05, 3.63) is 78.4 Å². The summed E-state index contributed by atoms with van der Waals surface area (Å²) in [6.07, 6.45) is 2.45. The van der Waals surface area contributed by atoms with Crippen molar-refractivity contribution in [1.82, 2.24) is 0 Å². The van der Waals surface area contributed by atoms with E-state index in [-0.39, 0.29) is 31.0 Å². The van der Waals surface area contributed by atoms with Crippen LogP contribution in [0.1, 0.15) is 71.2 Å². The van der Waals surface area contributed by atoms with Gasteiger partial charge in [-0.1, -0.05) is 41.0 Å². The first-order chi connectivity index (χ1) is 20.4. The Morgan fingerprint density at radius 2 is 1.26 bits per heavy atom. The van der Waals surface area contributed by atoms with Crippen LogP contribution in [0.3, 0.4) is 0 Å². The average Bonchev–Trinajstić information content (AvgIpc) is 2.99. The van der Waals surface area contributed by atoms with Gasteiger partial charge in [0, 0.05) is 22.4 Å².